The van der Waals surface area contributed by atoms with E-state index in [2.05, 4.69) is 41.4 Å². The summed E-state index contributed by atoms with van der Waals surface area (Å²) in [7, 11) is 0. The smallest absolute Gasteiger partial charge is 0.251 e. The highest BCUT2D eigenvalue weighted by atomic mass is 19.1. The minimum atomic E-state index is -1.26. The lowest BCUT2D eigenvalue weighted by Gasteiger charge is -2.37. The topological polar surface area (TPSA) is 42.4 Å². The quantitative estimate of drug-likeness (QED) is 0.602. The molecule has 31 heavy (non-hydrogen) atoms. The molecule has 2 aliphatic rings. The lowest BCUT2D eigenvalue weighted by atomic mass is 9.86. The molecule has 0 N–H and O–H groups in total. The lowest BCUT2D eigenvalue weighted by Crippen LogP contribution is -2.48. The number of fused-ring (bicyclic) bond motifs is 1. The van der Waals surface area contributed by atoms with Gasteiger partial charge in [0.25, 0.3) is 5.91 Å². The highest BCUT2D eigenvalue weighted by molar-refractivity contribution is 5.84. The van der Waals surface area contributed by atoms with Crippen molar-refractivity contribution in [1.29, 1.82) is 0 Å². The number of hydrogen-bond donors (Lipinski definition) is 0. The Morgan fingerprint density at radius 3 is 2.61 bits per heavy atom. The van der Waals surface area contributed by atoms with Gasteiger partial charge >= 0.3 is 0 Å². The molecule has 0 radical (unpaired) electrons. The zero-order chi connectivity index (χ0) is 21.3. The van der Waals surface area contributed by atoms with Crippen LogP contribution in [0.5, 0.6) is 0 Å². The standard InChI is InChI=1S/C26H27FN2O2/c27-26(11-14-29(15-12-26)25(30)24-4-2-16-31-24)18-19-5-7-20(8-6-19)22-10-9-21-3-1-13-28-23(21)17-22/h1,3,5-10,13,17,24H,2,4,11-12,14-16,18H2. The number of alkyl halides is 1. The van der Waals surface area contributed by atoms with Crippen LogP contribution in [0.4, 0.5) is 4.39 Å². The van der Waals surface area contributed by atoms with Crippen LogP contribution in [0.25, 0.3) is 22.0 Å². The zero-order valence-corrected chi connectivity index (χ0v) is 17.6. The Hall–Kier alpha value is -2.79. The van der Waals surface area contributed by atoms with E-state index in [1.54, 1.807) is 11.1 Å². The van der Waals surface area contributed by atoms with Crippen LogP contribution in [-0.2, 0) is 16.0 Å². The number of nitrogens with zero attached hydrogens (tertiary/aromatic N) is 2. The van der Waals surface area contributed by atoms with E-state index in [-0.39, 0.29) is 12.0 Å². The predicted molar refractivity (Wildman–Crippen MR) is 120 cm³/mol. The third-order valence-electron chi connectivity index (χ3n) is 6.59. The zero-order valence-electron chi connectivity index (χ0n) is 17.6. The number of piperidine rings is 1. The maximum absolute atomic E-state index is 15.5. The summed E-state index contributed by atoms with van der Waals surface area (Å²) in [4.78, 5) is 18.7. The number of aromatic nitrogens is 1. The molecule has 2 aromatic carbocycles. The number of halogens is 1. The van der Waals surface area contributed by atoms with Crippen LogP contribution in [0.3, 0.4) is 0 Å². The van der Waals surface area contributed by atoms with E-state index in [1.807, 2.05) is 18.2 Å². The van der Waals surface area contributed by atoms with Crippen molar-refractivity contribution in [1.82, 2.24) is 9.88 Å². The number of carbonyl (C=O) groups excluding carboxylic acids is 1. The molecule has 160 valence electrons. The van der Waals surface area contributed by atoms with E-state index in [4.69, 9.17) is 4.74 Å². The summed E-state index contributed by atoms with van der Waals surface area (Å²) in [6, 6.07) is 18.4. The first-order valence-electron chi connectivity index (χ1n) is 11.1. The number of likely N-dealkylation sites (tertiary alicyclic amines) is 1. The molecule has 0 saturated carbocycles. The molecule has 1 aromatic heterocycles. The maximum atomic E-state index is 15.5. The monoisotopic (exact) mass is 418 g/mol. The first-order chi connectivity index (χ1) is 15.1. The van der Waals surface area contributed by atoms with Crippen molar-refractivity contribution in [2.24, 2.45) is 0 Å². The largest absolute Gasteiger partial charge is 0.368 e. The number of hydrogen-bond acceptors (Lipinski definition) is 3. The van der Waals surface area contributed by atoms with Gasteiger partial charge in [0.05, 0.1) is 5.52 Å². The van der Waals surface area contributed by atoms with Crippen molar-refractivity contribution in [3.63, 3.8) is 0 Å². The van der Waals surface area contributed by atoms with E-state index in [9.17, 15) is 4.79 Å². The van der Waals surface area contributed by atoms with Crippen molar-refractivity contribution in [3.8, 4) is 11.1 Å². The van der Waals surface area contributed by atoms with Gasteiger partial charge in [0, 0.05) is 37.7 Å². The predicted octanol–water partition coefficient (Wildman–Crippen LogP) is 4.95. The van der Waals surface area contributed by atoms with E-state index in [1.165, 1.54) is 0 Å². The van der Waals surface area contributed by atoms with E-state index in [0.29, 0.717) is 39.0 Å². The van der Waals surface area contributed by atoms with Crippen LogP contribution in [0.2, 0.25) is 0 Å². The van der Waals surface area contributed by atoms with Crippen molar-refractivity contribution >= 4 is 16.8 Å². The van der Waals surface area contributed by atoms with Crippen molar-refractivity contribution < 1.29 is 13.9 Å². The van der Waals surface area contributed by atoms with Crippen molar-refractivity contribution in [2.75, 3.05) is 19.7 Å². The minimum absolute atomic E-state index is 0.0359. The van der Waals surface area contributed by atoms with Gasteiger partial charge in [0.1, 0.15) is 11.8 Å². The highest BCUT2D eigenvalue weighted by Crippen LogP contribution is 2.32. The summed E-state index contributed by atoms with van der Waals surface area (Å²) in [6.07, 6.45) is 4.35. The fraction of sp³-hybridized carbons (Fsp3) is 0.385. The molecule has 2 aliphatic heterocycles. The Bertz CT molecular complexity index is 1070. The molecular formula is C26H27FN2O2. The average Bonchev–Trinajstić information content (AvgIpc) is 3.34. The SMILES string of the molecule is O=C(C1CCCO1)N1CCC(F)(Cc2ccc(-c3ccc4cccnc4c3)cc2)CC1. The summed E-state index contributed by atoms with van der Waals surface area (Å²) in [5, 5.41) is 1.12. The second-order valence-electron chi connectivity index (χ2n) is 8.76. The second-order valence-corrected chi connectivity index (χ2v) is 8.76. The van der Waals surface area contributed by atoms with Gasteiger partial charge in [-0.1, -0.05) is 42.5 Å². The number of amides is 1. The molecule has 0 spiro atoms. The average molecular weight is 419 g/mol. The van der Waals surface area contributed by atoms with Crippen LogP contribution in [0.15, 0.2) is 60.8 Å². The number of ether oxygens (including phenoxy) is 1. The van der Waals surface area contributed by atoms with Crippen LogP contribution in [0, 0.1) is 0 Å². The van der Waals surface area contributed by atoms with Crippen LogP contribution >= 0.6 is 0 Å². The van der Waals surface area contributed by atoms with Gasteiger partial charge in [-0.3, -0.25) is 9.78 Å². The van der Waals surface area contributed by atoms with Gasteiger partial charge in [-0.2, -0.15) is 0 Å². The van der Waals surface area contributed by atoms with Crippen LogP contribution < -0.4 is 0 Å². The normalized spacial score (nSPS) is 20.8. The molecule has 5 heteroatoms. The third kappa shape index (κ3) is 4.33. The number of benzene rings is 2. The Balaban J connectivity index is 1.22. The van der Waals surface area contributed by atoms with Gasteiger partial charge in [-0.25, -0.2) is 4.39 Å². The number of carbonyl (C=O) groups is 1. The Kier molecular flexibility index (Phi) is 5.45. The molecule has 1 unspecified atom stereocenters. The summed E-state index contributed by atoms with van der Waals surface area (Å²) in [5.74, 6) is 0.0359. The Morgan fingerprint density at radius 2 is 1.87 bits per heavy atom. The first-order valence-corrected chi connectivity index (χ1v) is 11.1. The number of rotatable bonds is 4. The fourth-order valence-electron chi connectivity index (χ4n) is 4.71. The molecule has 2 saturated heterocycles. The van der Waals surface area contributed by atoms with Gasteiger partial charge in [-0.05, 0) is 54.5 Å². The highest BCUT2D eigenvalue weighted by Gasteiger charge is 2.38. The fourth-order valence-corrected chi connectivity index (χ4v) is 4.71. The Labute approximate surface area is 182 Å². The van der Waals surface area contributed by atoms with E-state index >= 15 is 4.39 Å². The second kappa shape index (κ2) is 8.39. The minimum Gasteiger partial charge on any atom is -0.368 e. The molecular weight excluding hydrogens is 391 g/mol. The van der Waals surface area contributed by atoms with Gasteiger partial charge < -0.3 is 9.64 Å². The molecule has 5 rings (SSSR count). The van der Waals surface area contributed by atoms with E-state index in [0.717, 1.165) is 40.4 Å². The van der Waals surface area contributed by atoms with Crippen molar-refractivity contribution in [3.05, 3.63) is 66.4 Å². The summed E-state index contributed by atoms with van der Waals surface area (Å²) < 4.78 is 21.0. The molecule has 3 aromatic rings. The molecule has 0 bridgehead atoms. The van der Waals surface area contributed by atoms with E-state index < -0.39 is 5.67 Å². The summed E-state index contributed by atoms with van der Waals surface area (Å²) >= 11 is 0. The lowest BCUT2D eigenvalue weighted by molar-refractivity contribution is -0.143. The molecule has 4 nitrogen and oxygen atoms in total. The summed E-state index contributed by atoms with van der Waals surface area (Å²) in [5.41, 5.74) is 2.90. The van der Waals surface area contributed by atoms with Crippen LogP contribution in [0.1, 0.15) is 31.2 Å². The number of pyridine rings is 1. The summed E-state index contributed by atoms with van der Waals surface area (Å²) in [6.45, 7) is 1.59. The third-order valence-corrected chi connectivity index (χ3v) is 6.59. The van der Waals surface area contributed by atoms with Gasteiger partial charge in [0.2, 0.25) is 0 Å². The first kappa shape index (κ1) is 20.1. The molecule has 0 aliphatic carbocycles. The van der Waals surface area contributed by atoms with Gasteiger partial charge in [-0.15, -0.1) is 0 Å². The van der Waals surface area contributed by atoms with Gasteiger partial charge in [0.15, 0.2) is 0 Å². The molecule has 1 atom stereocenters. The molecule has 1 amide bonds. The Morgan fingerprint density at radius 1 is 1.10 bits per heavy atom. The van der Waals surface area contributed by atoms with Crippen molar-refractivity contribution in [2.45, 2.75) is 43.9 Å². The van der Waals surface area contributed by atoms with Crippen LogP contribution in [-0.4, -0.2) is 47.3 Å². The molecule has 3 heterocycles. The molecule has 2 fully saturated rings. The maximum Gasteiger partial charge on any atom is 0.251 e.